The molecule has 4 heterocycles. The fourth-order valence-corrected chi connectivity index (χ4v) is 15.3. The van der Waals surface area contributed by atoms with Gasteiger partial charge in [-0.05, 0) is 244 Å². The zero-order chi connectivity index (χ0) is 103. The highest BCUT2D eigenvalue weighted by Gasteiger charge is 2.37. The van der Waals surface area contributed by atoms with Crippen molar-refractivity contribution in [2.75, 3.05) is 75.1 Å². The normalized spacial score (nSPS) is 12.1. The number of Topliss-reactive ketones (excluding diaryl/α,β-unsaturated/α-hetero) is 2. The van der Waals surface area contributed by atoms with E-state index in [1.165, 1.54) is 39.6 Å². The minimum Gasteiger partial charge on any atom is -0.465 e. The molecule has 0 spiro atoms. The second kappa shape index (κ2) is 59.0. The number of nitrogens with zero attached hydrogens (tertiary/aromatic N) is 2. The summed E-state index contributed by atoms with van der Waals surface area (Å²) in [6.45, 7) is 21.7. The Morgan fingerprint density at radius 1 is 0.331 bits per heavy atom. The second-order valence-corrected chi connectivity index (χ2v) is 33.9. The SMILES string of the molecule is C.C.CC(C)(OC(=O)C(=O)Cl)c1ccccc1.CCC(CC)(CC)OC(=O)C(=O)/C(=C/N1CCc2cc(C(=O)OC)ccc21)c1ccccc1.CCC(CC)(CC)OC(=O)C(=O)Cl.COC(=O)c1ccc2c(c1)CCN2.COC(=O)c1ccc2c(c1)CCN2.COC(=O)c1ccc2c(c1)CCN2/C=C(/C(=O)C(=O)OC(C)(C)c1ccccc1)c1ccccc1.O=CCc1ccccc1.O=CCc1ccccc1. The maximum atomic E-state index is 13.4. The number of aldehydes is 2. The average molecular weight is 1980 g/mol. The molecule has 0 unspecified atom stereocenters. The maximum Gasteiger partial charge on any atom is 0.392 e. The number of ketones is 2. The number of esters is 8. The summed E-state index contributed by atoms with van der Waals surface area (Å²) in [5.74, 6) is -6.46. The van der Waals surface area contributed by atoms with Crippen molar-refractivity contribution >= 4 is 139 Å². The Hall–Kier alpha value is -14.8. The molecule has 0 fully saturated rings. The van der Waals surface area contributed by atoms with Gasteiger partial charge in [0, 0.05) is 74.2 Å². The van der Waals surface area contributed by atoms with E-state index in [1.807, 2.05) is 252 Å². The van der Waals surface area contributed by atoms with E-state index in [1.54, 1.807) is 94.7 Å². The highest BCUT2D eigenvalue weighted by Crippen LogP contribution is 2.37. The third-order valence-corrected chi connectivity index (χ3v) is 24.0. The molecular formula is C114H130Cl2N4O22. The van der Waals surface area contributed by atoms with Crippen LogP contribution in [0.15, 0.2) is 267 Å². The quantitative estimate of drug-likeness (QED) is 0.0105. The Balaban J connectivity index is 0.000000302. The minimum atomic E-state index is -1.11. The Morgan fingerprint density at radius 3 is 0.894 bits per heavy atom. The first-order valence-electron chi connectivity index (χ1n) is 46.0. The Labute approximate surface area is 843 Å². The molecule has 10 aromatic carbocycles. The molecule has 0 amide bonds. The van der Waals surface area contributed by atoms with Gasteiger partial charge < -0.3 is 67.9 Å². The molecule has 26 nitrogen and oxygen atoms in total. The number of hydrogen-bond donors (Lipinski definition) is 2. The highest BCUT2D eigenvalue weighted by atomic mass is 35.5. The third-order valence-electron chi connectivity index (χ3n) is 23.7. The fraction of sp³-hybridized carbons (Fsp3) is 0.316. The second-order valence-electron chi connectivity index (χ2n) is 33.2. The molecule has 0 aromatic heterocycles. The monoisotopic (exact) mass is 1980 g/mol. The number of methoxy groups -OCH3 is 4. The summed E-state index contributed by atoms with van der Waals surface area (Å²) < 4.78 is 40.3. The van der Waals surface area contributed by atoms with Gasteiger partial charge >= 0.3 is 58.2 Å². The van der Waals surface area contributed by atoms with Crippen LogP contribution in [0.25, 0.3) is 11.1 Å². The highest BCUT2D eigenvalue weighted by molar-refractivity contribution is 6.80. The molecule has 2 N–H and O–H groups in total. The van der Waals surface area contributed by atoms with Crippen LogP contribution in [-0.2, 0) is 136 Å². The molecule has 0 aliphatic carbocycles. The van der Waals surface area contributed by atoms with E-state index in [2.05, 4.69) is 20.1 Å². The summed E-state index contributed by atoms with van der Waals surface area (Å²) in [5, 5.41) is 4.30. The predicted molar refractivity (Wildman–Crippen MR) is 555 cm³/mol. The van der Waals surface area contributed by atoms with Crippen LogP contribution < -0.4 is 20.4 Å². The van der Waals surface area contributed by atoms with Crippen molar-refractivity contribution in [1.29, 1.82) is 0 Å². The third kappa shape index (κ3) is 34.9. The molecule has 0 bridgehead atoms. The van der Waals surface area contributed by atoms with Crippen molar-refractivity contribution in [3.63, 3.8) is 0 Å². The van der Waals surface area contributed by atoms with Crippen LogP contribution in [0.4, 0.5) is 22.7 Å². The molecule has 142 heavy (non-hydrogen) atoms. The van der Waals surface area contributed by atoms with E-state index in [-0.39, 0.29) is 43.9 Å². The van der Waals surface area contributed by atoms with E-state index in [9.17, 15) is 67.1 Å². The zero-order valence-corrected chi connectivity index (χ0v) is 83.0. The lowest BCUT2D eigenvalue weighted by Crippen LogP contribution is -2.36. The molecule has 10 aromatic rings. The molecule has 28 heteroatoms. The number of fused-ring (bicyclic) bond motifs is 4. The van der Waals surface area contributed by atoms with Gasteiger partial charge in [-0.2, -0.15) is 0 Å². The van der Waals surface area contributed by atoms with Gasteiger partial charge in [0.25, 0.3) is 11.6 Å². The summed E-state index contributed by atoms with van der Waals surface area (Å²) in [7, 11) is 5.49. The lowest BCUT2D eigenvalue weighted by Gasteiger charge is -2.30. The van der Waals surface area contributed by atoms with Crippen LogP contribution in [0, 0.1) is 0 Å². The molecule has 4 aliphatic rings. The number of carbonyl (C=O) groups is 14. The van der Waals surface area contributed by atoms with E-state index < -0.39 is 74.3 Å². The summed E-state index contributed by atoms with van der Waals surface area (Å²) in [6.07, 6.45) is 13.7. The van der Waals surface area contributed by atoms with Crippen LogP contribution in [0.1, 0.15) is 220 Å². The smallest absolute Gasteiger partial charge is 0.392 e. The lowest BCUT2D eigenvalue weighted by atomic mass is 9.93. The summed E-state index contributed by atoms with van der Waals surface area (Å²) in [5.41, 5.74) is 13.1. The minimum absolute atomic E-state index is 0. The number of rotatable bonds is 30. The molecule has 0 atom stereocenters. The molecule has 14 rings (SSSR count). The first-order valence-corrected chi connectivity index (χ1v) is 46.7. The van der Waals surface area contributed by atoms with E-state index in [0.29, 0.717) is 111 Å². The van der Waals surface area contributed by atoms with Gasteiger partial charge in [-0.15, -0.1) is 0 Å². The number of carbonyl (C=O) groups excluding carboxylic acids is 14. The fourth-order valence-electron chi connectivity index (χ4n) is 15.2. The first kappa shape index (κ1) is 118. The van der Waals surface area contributed by atoms with Gasteiger partial charge in [0.1, 0.15) is 35.0 Å². The largest absolute Gasteiger partial charge is 0.465 e. The van der Waals surface area contributed by atoms with Crippen LogP contribution >= 0.6 is 23.2 Å². The predicted octanol–water partition coefficient (Wildman–Crippen LogP) is 21.4. The number of benzene rings is 10. The maximum absolute atomic E-state index is 13.4. The average Bonchev–Trinajstić information content (AvgIpc) is 1.61. The molecular weight excluding hydrogens is 1850 g/mol. The number of nitrogens with one attached hydrogen (secondary N) is 2. The Bertz CT molecular complexity index is 5810. The number of anilines is 4. The van der Waals surface area contributed by atoms with Crippen molar-refractivity contribution < 1.29 is 105 Å². The van der Waals surface area contributed by atoms with Crippen LogP contribution in [-0.4, -0.2) is 148 Å². The van der Waals surface area contributed by atoms with Gasteiger partial charge in [-0.1, -0.05) is 238 Å². The molecule has 4 aliphatic heterocycles. The van der Waals surface area contributed by atoms with E-state index in [0.717, 1.165) is 94.6 Å². The van der Waals surface area contributed by atoms with Gasteiger partial charge in [-0.25, -0.2) is 38.4 Å². The van der Waals surface area contributed by atoms with Crippen molar-refractivity contribution in [2.45, 2.75) is 184 Å². The first-order chi connectivity index (χ1) is 67.1. The van der Waals surface area contributed by atoms with Crippen LogP contribution in [0.3, 0.4) is 0 Å². The molecule has 752 valence electrons. The van der Waals surface area contributed by atoms with E-state index in [4.69, 9.17) is 51.6 Å². The molecule has 0 radical (unpaired) electrons. The summed E-state index contributed by atoms with van der Waals surface area (Å²) >= 11 is 10.0. The van der Waals surface area contributed by atoms with Crippen LogP contribution in [0.5, 0.6) is 0 Å². The number of halogens is 2. The number of hydrogen-bond acceptors (Lipinski definition) is 26. The van der Waals surface area contributed by atoms with Crippen molar-refractivity contribution in [1.82, 2.24) is 0 Å². The van der Waals surface area contributed by atoms with E-state index >= 15 is 0 Å². The zero-order valence-electron chi connectivity index (χ0n) is 81.5. The summed E-state index contributed by atoms with van der Waals surface area (Å²) in [4.78, 5) is 166. The van der Waals surface area contributed by atoms with Crippen LogP contribution in [0.2, 0.25) is 0 Å². The molecule has 0 saturated heterocycles. The van der Waals surface area contributed by atoms with Gasteiger partial charge in [0.05, 0.1) is 61.8 Å². The Kier molecular flexibility index (Phi) is 48.9. The van der Waals surface area contributed by atoms with Gasteiger partial charge in [0.2, 0.25) is 0 Å². The topological polar surface area (TPSA) is 343 Å². The standard InChI is InChI=1S/C29H27NO5.C27H31NO5.C11H11ClO3.2C10H11NO2.C9H15ClO3.2C8H8O.2CH4/c1-29(2,23-12-8-5-9-13-23)35-28(33)26(31)24(20-10-6-4-7-11-20)19-30-17-16-21-18-22(27(32)34-3)14-15-25(21)30;1-5-27(6-2,7-3)33-26(31)24(29)22(19-11-9-8-10-12-19)18-28-16-15-20-17-21(25(30)32-4)13-14-23(20)28;1-11(2,15-10(14)9(12)13)8-6-4-3-5-7-8;2*1-13-10(12)8-2-3-9-7(6-8)4-5-11-9;1-4-9(5-2,6-3)13-8(12)7(10)11;2*9-7-6-8-4-2-1-3-5-8;;/h4-15,18-19H,16-17H2,1-3H3;8-14,17-18H,5-7,15-16H2,1-4H3;3-7H,1-2H3;2*2-3,6,11H,4-5H2,1H3;4-6H2,1-3H3;2*1-5,7H,6H2;2*1H4/b24-19+;22-18+;;;;;;;;. The van der Waals surface area contributed by atoms with Gasteiger partial charge in [0.15, 0.2) is 0 Å². The van der Waals surface area contributed by atoms with Crippen molar-refractivity contribution in [2.24, 2.45) is 0 Å². The molecule has 0 saturated carbocycles. The van der Waals surface area contributed by atoms with Gasteiger partial charge in [-0.3, -0.25) is 19.2 Å². The Morgan fingerprint density at radius 2 is 0.599 bits per heavy atom. The summed E-state index contributed by atoms with van der Waals surface area (Å²) in [6, 6.07) is 77.9. The van der Waals surface area contributed by atoms with Crippen molar-refractivity contribution in [3.05, 3.63) is 345 Å². The lowest BCUT2D eigenvalue weighted by molar-refractivity contribution is -0.165. The number of ether oxygens (including phenoxy) is 8. The van der Waals surface area contributed by atoms with Crippen molar-refractivity contribution in [3.8, 4) is 0 Å².